The Morgan fingerprint density at radius 3 is 2.73 bits per heavy atom. The van der Waals surface area contributed by atoms with Crippen molar-refractivity contribution in [1.82, 2.24) is 10.1 Å². The number of benzene rings is 1. The van der Waals surface area contributed by atoms with Crippen LogP contribution in [-0.4, -0.2) is 30.3 Å². The van der Waals surface area contributed by atoms with Gasteiger partial charge in [0.1, 0.15) is 5.76 Å². The van der Waals surface area contributed by atoms with E-state index in [9.17, 15) is 0 Å². The van der Waals surface area contributed by atoms with E-state index in [2.05, 4.69) is 36.0 Å². The Kier molecular flexibility index (Phi) is 5.87. The lowest BCUT2D eigenvalue weighted by molar-refractivity contribution is 0.243. The van der Waals surface area contributed by atoms with Crippen LogP contribution >= 0.6 is 0 Å². The summed E-state index contributed by atoms with van der Waals surface area (Å²) in [4.78, 5) is 2.51. The van der Waals surface area contributed by atoms with Crippen LogP contribution in [0.1, 0.15) is 55.3 Å². The molecule has 1 saturated heterocycles. The number of hydrogen-bond acceptors (Lipinski definition) is 5. The van der Waals surface area contributed by atoms with Crippen molar-refractivity contribution in [3.63, 3.8) is 0 Å². The molecule has 2 aromatic rings. The number of hydrogen-bond donors (Lipinski definition) is 0. The molecular weight excluding hydrogens is 328 g/mol. The first-order valence-corrected chi connectivity index (χ1v) is 9.46. The van der Waals surface area contributed by atoms with Crippen LogP contribution in [0.3, 0.4) is 0 Å². The van der Waals surface area contributed by atoms with Crippen LogP contribution in [0.5, 0.6) is 11.5 Å². The van der Waals surface area contributed by atoms with E-state index in [-0.39, 0.29) is 0 Å². The van der Waals surface area contributed by atoms with Crippen LogP contribution in [0.4, 0.5) is 0 Å². The highest BCUT2D eigenvalue weighted by Crippen LogP contribution is 2.37. The van der Waals surface area contributed by atoms with E-state index in [1.165, 1.54) is 17.5 Å². The summed E-state index contributed by atoms with van der Waals surface area (Å²) in [5, 5.41) is 4.14. The molecule has 0 bridgehead atoms. The van der Waals surface area contributed by atoms with Gasteiger partial charge in [-0.25, -0.2) is 0 Å². The van der Waals surface area contributed by atoms with E-state index in [0.29, 0.717) is 18.6 Å². The molecule has 142 valence electrons. The number of methoxy groups -OCH3 is 1. The lowest BCUT2D eigenvalue weighted by Gasteiger charge is -2.25. The van der Waals surface area contributed by atoms with Crippen LogP contribution in [0.25, 0.3) is 0 Å². The minimum atomic E-state index is 0.379. The minimum Gasteiger partial charge on any atom is -0.493 e. The van der Waals surface area contributed by atoms with Crippen LogP contribution < -0.4 is 9.47 Å². The molecule has 0 aliphatic carbocycles. The standard InChI is InChI=1S/C21H30N2O3/c1-14(2)13-25-19-9-8-17(11-20(19)24-5)12-23-10-6-7-18(23)21-15(3)22-26-16(21)4/h8-9,11,14,18H,6-7,10,12-13H2,1-5H3. The highest BCUT2D eigenvalue weighted by atomic mass is 16.5. The van der Waals surface area contributed by atoms with Gasteiger partial charge < -0.3 is 14.0 Å². The maximum absolute atomic E-state index is 5.87. The molecule has 1 aromatic carbocycles. The lowest BCUT2D eigenvalue weighted by atomic mass is 10.0. The van der Waals surface area contributed by atoms with Crippen molar-refractivity contribution in [2.45, 2.75) is 53.1 Å². The Morgan fingerprint density at radius 2 is 2.08 bits per heavy atom. The minimum absolute atomic E-state index is 0.379. The number of aromatic nitrogens is 1. The lowest BCUT2D eigenvalue weighted by Crippen LogP contribution is -2.23. The molecule has 1 fully saturated rings. The van der Waals surface area contributed by atoms with Gasteiger partial charge in [-0.05, 0) is 56.8 Å². The molecule has 0 spiro atoms. The Balaban J connectivity index is 1.75. The molecule has 0 N–H and O–H groups in total. The molecule has 26 heavy (non-hydrogen) atoms. The number of rotatable bonds is 7. The smallest absolute Gasteiger partial charge is 0.161 e. The van der Waals surface area contributed by atoms with E-state index in [0.717, 1.165) is 42.5 Å². The van der Waals surface area contributed by atoms with Crippen molar-refractivity contribution >= 4 is 0 Å². The summed E-state index contributed by atoms with van der Waals surface area (Å²) in [6, 6.07) is 6.64. The fourth-order valence-corrected chi connectivity index (χ4v) is 3.73. The van der Waals surface area contributed by atoms with Gasteiger partial charge in [-0.1, -0.05) is 25.1 Å². The summed E-state index contributed by atoms with van der Waals surface area (Å²) >= 11 is 0. The van der Waals surface area contributed by atoms with Gasteiger partial charge in [-0.15, -0.1) is 0 Å². The highest BCUT2D eigenvalue weighted by Gasteiger charge is 2.30. The second-order valence-electron chi connectivity index (χ2n) is 7.56. The first-order chi connectivity index (χ1) is 12.5. The summed E-state index contributed by atoms with van der Waals surface area (Å²) in [6.45, 7) is 11.0. The quantitative estimate of drug-likeness (QED) is 0.720. The third kappa shape index (κ3) is 4.04. The third-order valence-corrected chi connectivity index (χ3v) is 4.97. The van der Waals surface area contributed by atoms with Crippen molar-refractivity contribution in [2.24, 2.45) is 5.92 Å². The molecule has 0 amide bonds. The van der Waals surface area contributed by atoms with Crippen molar-refractivity contribution in [3.8, 4) is 11.5 Å². The Hall–Kier alpha value is -2.01. The van der Waals surface area contributed by atoms with E-state index in [1.54, 1.807) is 7.11 Å². The highest BCUT2D eigenvalue weighted by molar-refractivity contribution is 5.43. The molecule has 1 unspecified atom stereocenters. The predicted molar refractivity (Wildman–Crippen MR) is 102 cm³/mol. The second kappa shape index (κ2) is 8.12. The molecule has 5 nitrogen and oxygen atoms in total. The van der Waals surface area contributed by atoms with Gasteiger partial charge in [-0.3, -0.25) is 4.90 Å². The predicted octanol–water partition coefficient (Wildman–Crippen LogP) is 4.67. The van der Waals surface area contributed by atoms with E-state index in [4.69, 9.17) is 14.0 Å². The summed E-state index contributed by atoms with van der Waals surface area (Å²) in [5.74, 6) is 3.04. The maximum atomic E-state index is 5.87. The monoisotopic (exact) mass is 358 g/mol. The summed E-state index contributed by atoms with van der Waals surface area (Å²) in [5.41, 5.74) is 3.50. The fourth-order valence-electron chi connectivity index (χ4n) is 3.73. The zero-order valence-electron chi connectivity index (χ0n) is 16.5. The fraction of sp³-hybridized carbons (Fsp3) is 0.571. The molecule has 2 heterocycles. The van der Waals surface area contributed by atoms with E-state index in [1.807, 2.05) is 19.9 Å². The van der Waals surface area contributed by atoms with Gasteiger partial charge in [0, 0.05) is 18.2 Å². The number of likely N-dealkylation sites (tertiary alicyclic amines) is 1. The molecule has 1 aliphatic rings. The van der Waals surface area contributed by atoms with E-state index < -0.39 is 0 Å². The van der Waals surface area contributed by atoms with Gasteiger partial charge in [0.2, 0.25) is 0 Å². The molecule has 1 aromatic heterocycles. The maximum Gasteiger partial charge on any atom is 0.161 e. The summed E-state index contributed by atoms with van der Waals surface area (Å²) < 4.78 is 16.8. The van der Waals surface area contributed by atoms with E-state index >= 15 is 0 Å². The van der Waals surface area contributed by atoms with Crippen molar-refractivity contribution < 1.29 is 14.0 Å². The molecular formula is C21H30N2O3. The Labute approximate surface area is 156 Å². The van der Waals surface area contributed by atoms with Gasteiger partial charge in [0.05, 0.1) is 19.4 Å². The SMILES string of the molecule is COc1cc(CN2CCCC2c2c(C)noc2C)ccc1OCC(C)C. The number of aryl methyl sites for hydroxylation is 2. The molecule has 3 rings (SSSR count). The molecule has 1 aliphatic heterocycles. The number of ether oxygens (including phenoxy) is 2. The zero-order valence-corrected chi connectivity index (χ0v) is 16.5. The Bertz CT molecular complexity index is 719. The van der Waals surface area contributed by atoms with Crippen molar-refractivity contribution in [3.05, 3.63) is 40.8 Å². The van der Waals surface area contributed by atoms with Gasteiger partial charge in [-0.2, -0.15) is 0 Å². The molecule has 5 heteroatoms. The third-order valence-electron chi connectivity index (χ3n) is 4.97. The topological polar surface area (TPSA) is 47.7 Å². The zero-order chi connectivity index (χ0) is 18.7. The Morgan fingerprint density at radius 1 is 1.27 bits per heavy atom. The first kappa shape index (κ1) is 18.8. The summed E-state index contributed by atoms with van der Waals surface area (Å²) in [7, 11) is 1.70. The number of nitrogens with zero attached hydrogens (tertiary/aromatic N) is 2. The second-order valence-corrected chi connectivity index (χ2v) is 7.56. The van der Waals surface area contributed by atoms with Gasteiger partial charge in [0.15, 0.2) is 11.5 Å². The van der Waals surface area contributed by atoms with Crippen LogP contribution in [0.2, 0.25) is 0 Å². The largest absolute Gasteiger partial charge is 0.493 e. The molecule has 1 atom stereocenters. The molecule has 0 radical (unpaired) electrons. The average Bonchev–Trinajstić information content (AvgIpc) is 3.19. The van der Waals surface area contributed by atoms with Crippen LogP contribution in [0, 0.1) is 19.8 Å². The van der Waals surface area contributed by atoms with Crippen LogP contribution in [-0.2, 0) is 6.54 Å². The first-order valence-electron chi connectivity index (χ1n) is 9.46. The van der Waals surface area contributed by atoms with Gasteiger partial charge >= 0.3 is 0 Å². The normalized spacial score (nSPS) is 17.8. The summed E-state index contributed by atoms with van der Waals surface area (Å²) in [6.07, 6.45) is 2.34. The van der Waals surface area contributed by atoms with Crippen molar-refractivity contribution in [1.29, 1.82) is 0 Å². The average molecular weight is 358 g/mol. The van der Waals surface area contributed by atoms with Crippen molar-refractivity contribution in [2.75, 3.05) is 20.3 Å². The van der Waals surface area contributed by atoms with Gasteiger partial charge in [0.25, 0.3) is 0 Å². The molecule has 0 saturated carbocycles. The van der Waals surface area contributed by atoms with Crippen LogP contribution in [0.15, 0.2) is 22.7 Å².